The largest absolute Gasteiger partial charge is 0.309 e. The van der Waals surface area contributed by atoms with Crippen LogP contribution in [-0.4, -0.2) is 18.7 Å². The van der Waals surface area contributed by atoms with Crippen LogP contribution in [0.25, 0.3) is 82.7 Å². The summed E-state index contributed by atoms with van der Waals surface area (Å²) in [5.41, 5.74) is 8.11. The van der Waals surface area contributed by atoms with Crippen molar-refractivity contribution in [1.29, 1.82) is 0 Å². The van der Waals surface area contributed by atoms with E-state index in [0.29, 0.717) is 0 Å². The number of hydrogen-bond donors (Lipinski definition) is 0. The van der Waals surface area contributed by atoms with Gasteiger partial charge in [0.25, 0.3) is 0 Å². The fourth-order valence-electron chi connectivity index (χ4n) is 7.36. The van der Waals surface area contributed by atoms with Crippen LogP contribution in [0.4, 0.5) is 0 Å². The van der Waals surface area contributed by atoms with Gasteiger partial charge in [-0.15, -0.1) is 0 Å². The number of benzene rings is 6. The third-order valence-corrected chi connectivity index (χ3v) is 9.24. The van der Waals surface area contributed by atoms with Crippen molar-refractivity contribution in [2.45, 2.75) is 0 Å². The van der Waals surface area contributed by atoms with Gasteiger partial charge in [-0.3, -0.25) is 9.13 Å². The number of aromatic nitrogens is 4. The van der Waals surface area contributed by atoms with Crippen molar-refractivity contribution in [3.05, 3.63) is 158 Å². The number of pyridine rings is 1. The van der Waals surface area contributed by atoms with Crippen LogP contribution in [-0.2, 0) is 0 Å². The van der Waals surface area contributed by atoms with Crippen LogP contribution in [0.3, 0.4) is 0 Å². The van der Waals surface area contributed by atoms with Gasteiger partial charge >= 0.3 is 0 Å². The second-order valence-corrected chi connectivity index (χ2v) is 11.7. The van der Waals surface area contributed by atoms with Crippen LogP contribution in [0, 0.1) is 0 Å². The molecule has 4 heteroatoms. The molecular weight excluding hydrogens is 548 g/mol. The zero-order chi connectivity index (χ0) is 29.5. The molecule has 4 nitrogen and oxygen atoms in total. The SMILES string of the molecule is c1ccc(-n2c3ccccc3c3cc4c5ccccc5n(-c5cccc(-n6c7ccccc7c7ccccc76)n5)c4cc32)cc1. The Morgan fingerprint density at radius 3 is 1.22 bits per heavy atom. The van der Waals surface area contributed by atoms with Crippen LogP contribution in [0.2, 0.25) is 0 Å². The molecule has 0 amide bonds. The molecule has 0 fully saturated rings. The van der Waals surface area contributed by atoms with Gasteiger partial charge in [0.15, 0.2) is 0 Å². The summed E-state index contributed by atoms with van der Waals surface area (Å²) in [6.07, 6.45) is 0. The maximum Gasteiger partial charge on any atom is 0.140 e. The highest BCUT2D eigenvalue weighted by atomic mass is 15.1. The fraction of sp³-hybridized carbons (Fsp3) is 0. The van der Waals surface area contributed by atoms with Crippen molar-refractivity contribution in [3.63, 3.8) is 0 Å². The molecule has 0 aliphatic heterocycles. The van der Waals surface area contributed by atoms with E-state index in [1.807, 2.05) is 0 Å². The minimum Gasteiger partial charge on any atom is -0.309 e. The van der Waals surface area contributed by atoms with Gasteiger partial charge in [0.1, 0.15) is 11.6 Å². The summed E-state index contributed by atoms with van der Waals surface area (Å²) in [5.74, 6) is 1.79. The molecule has 6 aromatic carbocycles. The molecule has 0 N–H and O–H groups in total. The second kappa shape index (κ2) is 9.18. The lowest BCUT2D eigenvalue weighted by Crippen LogP contribution is -2.03. The van der Waals surface area contributed by atoms with Gasteiger partial charge in [-0.05, 0) is 60.7 Å². The molecule has 0 unspecified atom stereocenters. The van der Waals surface area contributed by atoms with E-state index in [2.05, 4.69) is 171 Å². The van der Waals surface area contributed by atoms with E-state index >= 15 is 0 Å². The molecule has 0 spiro atoms. The Balaban J connectivity index is 1.30. The summed E-state index contributed by atoms with van der Waals surface area (Å²) in [4.78, 5) is 5.38. The summed E-state index contributed by atoms with van der Waals surface area (Å²) in [6, 6.07) is 56.3. The first-order valence-electron chi connectivity index (χ1n) is 15.3. The molecule has 4 aromatic heterocycles. The minimum absolute atomic E-state index is 0.891. The molecular formula is C41H26N4. The molecule has 0 radical (unpaired) electrons. The Labute approximate surface area is 258 Å². The van der Waals surface area contributed by atoms with E-state index in [1.54, 1.807) is 0 Å². The molecule has 0 aliphatic carbocycles. The average Bonchev–Trinajstić information content (AvgIpc) is 3.73. The van der Waals surface area contributed by atoms with Crippen molar-refractivity contribution < 1.29 is 0 Å². The first-order chi connectivity index (χ1) is 22.3. The quantitative estimate of drug-likeness (QED) is 0.206. The van der Waals surface area contributed by atoms with Gasteiger partial charge in [-0.2, -0.15) is 0 Å². The Kier molecular flexibility index (Phi) is 4.96. The Morgan fingerprint density at radius 1 is 0.289 bits per heavy atom. The highest BCUT2D eigenvalue weighted by Gasteiger charge is 2.19. The molecule has 210 valence electrons. The summed E-state index contributed by atoms with van der Waals surface area (Å²) in [6.45, 7) is 0. The lowest BCUT2D eigenvalue weighted by atomic mass is 10.1. The van der Waals surface area contributed by atoms with Gasteiger partial charge in [0.2, 0.25) is 0 Å². The van der Waals surface area contributed by atoms with Crippen LogP contribution in [0.15, 0.2) is 158 Å². The number of rotatable bonds is 3. The molecule has 0 saturated carbocycles. The van der Waals surface area contributed by atoms with Crippen molar-refractivity contribution >= 4 is 65.4 Å². The average molecular weight is 575 g/mol. The molecule has 10 rings (SSSR count). The highest BCUT2D eigenvalue weighted by molar-refractivity contribution is 6.19. The molecule has 45 heavy (non-hydrogen) atoms. The van der Waals surface area contributed by atoms with Gasteiger partial charge in [-0.25, -0.2) is 4.98 Å². The summed E-state index contributed by atoms with van der Waals surface area (Å²) >= 11 is 0. The van der Waals surface area contributed by atoms with E-state index in [1.165, 1.54) is 43.4 Å². The van der Waals surface area contributed by atoms with Crippen molar-refractivity contribution in [2.75, 3.05) is 0 Å². The molecule has 0 aliphatic rings. The summed E-state index contributed by atoms with van der Waals surface area (Å²) in [7, 11) is 0. The summed E-state index contributed by atoms with van der Waals surface area (Å²) < 4.78 is 7.00. The molecule has 4 heterocycles. The topological polar surface area (TPSA) is 27.7 Å². The van der Waals surface area contributed by atoms with E-state index in [0.717, 1.165) is 39.4 Å². The Bertz CT molecular complexity index is 2710. The number of nitrogens with zero attached hydrogens (tertiary/aromatic N) is 4. The van der Waals surface area contributed by atoms with E-state index < -0.39 is 0 Å². The third kappa shape index (κ3) is 3.39. The number of hydrogen-bond acceptors (Lipinski definition) is 1. The molecule has 0 saturated heterocycles. The van der Waals surface area contributed by atoms with E-state index in [9.17, 15) is 0 Å². The Hall–Kier alpha value is -6.13. The first-order valence-corrected chi connectivity index (χ1v) is 15.3. The van der Waals surface area contributed by atoms with Crippen molar-refractivity contribution in [1.82, 2.24) is 18.7 Å². The van der Waals surface area contributed by atoms with E-state index in [4.69, 9.17) is 4.98 Å². The third-order valence-electron chi connectivity index (χ3n) is 9.24. The van der Waals surface area contributed by atoms with Gasteiger partial charge in [0.05, 0.1) is 33.1 Å². The van der Waals surface area contributed by atoms with Gasteiger partial charge in [-0.1, -0.05) is 97.1 Å². The number of fused-ring (bicyclic) bond motifs is 9. The van der Waals surface area contributed by atoms with Crippen LogP contribution in [0.1, 0.15) is 0 Å². The monoisotopic (exact) mass is 574 g/mol. The van der Waals surface area contributed by atoms with E-state index in [-0.39, 0.29) is 0 Å². The summed E-state index contributed by atoms with van der Waals surface area (Å²) in [5, 5.41) is 7.40. The van der Waals surface area contributed by atoms with Crippen LogP contribution >= 0.6 is 0 Å². The van der Waals surface area contributed by atoms with Crippen molar-refractivity contribution in [3.8, 4) is 17.3 Å². The normalized spacial score (nSPS) is 12.0. The second-order valence-electron chi connectivity index (χ2n) is 11.7. The predicted octanol–water partition coefficient (Wildman–Crippen LogP) is 10.4. The zero-order valence-corrected chi connectivity index (χ0v) is 24.3. The zero-order valence-electron chi connectivity index (χ0n) is 24.3. The molecule has 0 atom stereocenters. The maximum atomic E-state index is 5.38. The minimum atomic E-state index is 0.891. The lowest BCUT2D eigenvalue weighted by Gasteiger charge is -2.12. The van der Waals surface area contributed by atoms with Gasteiger partial charge < -0.3 is 4.57 Å². The van der Waals surface area contributed by atoms with Gasteiger partial charge in [0, 0.05) is 38.0 Å². The number of para-hydroxylation sites is 5. The Morgan fingerprint density at radius 2 is 0.689 bits per heavy atom. The first kappa shape index (κ1) is 24.3. The fourth-order valence-corrected chi connectivity index (χ4v) is 7.36. The van der Waals surface area contributed by atoms with Crippen LogP contribution in [0.5, 0.6) is 0 Å². The van der Waals surface area contributed by atoms with Crippen molar-refractivity contribution in [2.24, 2.45) is 0 Å². The van der Waals surface area contributed by atoms with Crippen LogP contribution < -0.4 is 0 Å². The highest BCUT2D eigenvalue weighted by Crippen LogP contribution is 2.39. The predicted molar refractivity (Wildman–Crippen MR) is 187 cm³/mol. The standard InChI is InChI=1S/C41H26N4/c1-2-13-27(14-3-1)43-34-19-8-6-17-30(34)32-25-33-31-18-7-11-22-37(31)45(39(33)26-38(32)43)41-24-12-23-40(42-41)44-35-20-9-4-15-28(35)29-16-5-10-21-36(29)44/h1-26H. The lowest BCUT2D eigenvalue weighted by molar-refractivity contribution is 1.01. The smallest absolute Gasteiger partial charge is 0.140 e. The molecule has 0 bridgehead atoms. The molecule has 10 aromatic rings. The maximum absolute atomic E-state index is 5.38.